The average molecular weight is 281 g/mol. The Morgan fingerprint density at radius 1 is 1.79 bits per heavy atom. The normalized spacial score (nSPS) is 18.9. The van der Waals surface area contributed by atoms with E-state index < -0.39 is 6.10 Å². The lowest BCUT2D eigenvalue weighted by atomic mass is 10.2. The highest BCUT2D eigenvalue weighted by Gasteiger charge is 2.22. The molecule has 1 aliphatic heterocycles. The van der Waals surface area contributed by atoms with Crippen LogP contribution in [0.4, 0.5) is 5.13 Å². The number of thiazole rings is 1. The minimum absolute atomic E-state index is 0.231. The molecule has 0 bridgehead atoms. The maximum Gasteiger partial charge on any atom is 0.305 e. The van der Waals surface area contributed by atoms with Crippen molar-refractivity contribution >= 4 is 22.4 Å². The summed E-state index contributed by atoms with van der Waals surface area (Å²) in [5.74, 6) is -0.231. The Morgan fingerprint density at radius 3 is 3.37 bits per heavy atom. The second-order valence-corrected chi connectivity index (χ2v) is 4.97. The number of rotatable bonds is 4. The van der Waals surface area contributed by atoms with E-state index in [-0.39, 0.29) is 5.97 Å². The van der Waals surface area contributed by atoms with E-state index in [1.165, 1.54) is 18.4 Å². The summed E-state index contributed by atoms with van der Waals surface area (Å²) in [5.41, 5.74) is 0.880. The van der Waals surface area contributed by atoms with Crippen LogP contribution in [0, 0.1) is 11.3 Å². The molecule has 0 aromatic carbocycles. The fourth-order valence-corrected chi connectivity index (χ4v) is 2.69. The molecule has 2 rings (SSSR count). The number of aryl methyl sites for hydroxylation is 1. The third-order valence-electron chi connectivity index (χ3n) is 2.83. The maximum absolute atomic E-state index is 11.1. The van der Waals surface area contributed by atoms with Crippen LogP contribution in [0.15, 0.2) is 5.38 Å². The van der Waals surface area contributed by atoms with E-state index in [2.05, 4.69) is 15.8 Å². The van der Waals surface area contributed by atoms with Crippen LogP contribution in [0.1, 0.15) is 12.1 Å². The number of esters is 1. The third-order valence-corrected chi connectivity index (χ3v) is 3.78. The summed E-state index contributed by atoms with van der Waals surface area (Å²) < 4.78 is 9.89. The van der Waals surface area contributed by atoms with Crippen LogP contribution in [-0.2, 0) is 20.7 Å². The molecule has 1 aliphatic rings. The standard InChI is InChI=1S/C12H15N3O3S/c1-17-11(16)3-2-9-8-19-12(14-9)15-4-5-18-10(6-13)7-15/h8,10H,2-5,7H2,1H3. The first-order valence-corrected chi connectivity index (χ1v) is 6.88. The number of carbonyl (C=O) groups excluding carboxylic acids is 1. The minimum atomic E-state index is -0.392. The summed E-state index contributed by atoms with van der Waals surface area (Å²) >= 11 is 1.53. The van der Waals surface area contributed by atoms with Crippen LogP contribution in [0.25, 0.3) is 0 Å². The number of nitriles is 1. The fourth-order valence-electron chi connectivity index (χ4n) is 1.79. The zero-order valence-electron chi connectivity index (χ0n) is 10.7. The Labute approximate surface area is 115 Å². The number of ether oxygens (including phenoxy) is 2. The van der Waals surface area contributed by atoms with Gasteiger partial charge in [-0.05, 0) is 0 Å². The van der Waals surface area contributed by atoms with Gasteiger partial charge in [0.15, 0.2) is 11.2 Å². The van der Waals surface area contributed by atoms with Crippen molar-refractivity contribution < 1.29 is 14.3 Å². The van der Waals surface area contributed by atoms with Crippen molar-refractivity contribution in [3.63, 3.8) is 0 Å². The highest BCUT2D eigenvalue weighted by atomic mass is 32.1. The maximum atomic E-state index is 11.1. The minimum Gasteiger partial charge on any atom is -0.469 e. The Morgan fingerprint density at radius 2 is 2.63 bits per heavy atom. The van der Waals surface area contributed by atoms with Crippen molar-refractivity contribution in [2.24, 2.45) is 0 Å². The Balaban J connectivity index is 1.93. The van der Waals surface area contributed by atoms with Crippen LogP contribution in [0.3, 0.4) is 0 Å². The van der Waals surface area contributed by atoms with Gasteiger partial charge < -0.3 is 14.4 Å². The second kappa shape index (κ2) is 6.50. The number of morpholine rings is 1. The molecule has 1 fully saturated rings. The average Bonchev–Trinajstić information content (AvgIpc) is 2.93. The first-order chi connectivity index (χ1) is 9.22. The smallest absolute Gasteiger partial charge is 0.305 e. The zero-order valence-corrected chi connectivity index (χ0v) is 11.5. The Bertz CT molecular complexity index is 483. The topological polar surface area (TPSA) is 75.4 Å². The quantitative estimate of drug-likeness (QED) is 0.766. The fraction of sp³-hybridized carbons (Fsp3) is 0.583. The molecule has 6 nitrogen and oxygen atoms in total. The van der Waals surface area contributed by atoms with Gasteiger partial charge in [-0.3, -0.25) is 4.79 Å². The van der Waals surface area contributed by atoms with Crippen LogP contribution in [0.2, 0.25) is 0 Å². The summed E-state index contributed by atoms with van der Waals surface area (Å²) in [6.07, 6.45) is 0.523. The van der Waals surface area contributed by atoms with E-state index in [0.29, 0.717) is 26.0 Å². The molecule has 1 saturated heterocycles. The summed E-state index contributed by atoms with van der Waals surface area (Å²) in [6.45, 7) is 1.82. The molecule has 1 unspecified atom stereocenters. The lowest BCUT2D eigenvalue weighted by molar-refractivity contribution is -0.140. The van der Waals surface area contributed by atoms with E-state index in [1.54, 1.807) is 0 Å². The van der Waals surface area contributed by atoms with E-state index in [4.69, 9.17) is 10.00 Å². The van der Waals surface area contributed by atoms with Crippen LogP contribution >= 0.6 is 11.3 Å². The Hall–Kier alpha value is -1.65. The van der Waals surface area contributed by atoms with Gasteiger partial charge in [0.25, 0.3) is 0 Å². The number of aromatic nitrogens is 1. The van der Waals surface area contributed by atoms with Gasteiger partial charge in [0.2, 0.25) is 0 Å². The number of hydrogen-bond donors (Lipinski definition) is 0. The summed E-state index contributed by atoms with van der Waals surface area (Å²) in [6, 6.07) is 2.11. The van der Waals surface area contributed by atoms with E-state index in [9.17, 15) is 4.79 Å². The molecule has 102 valence electrons. The van der Waals surface area contributed by atoms with Crippen molar-refractivity contribution in [3.8, 4) is 6.07 Å². The number of anilines is 1. The van der Waals surface area contributed by atoms with Crippen molar-refractivity contribution in [1.29, 1.82) is 5.26 Å². The molecular weight excluding hydrogens is 266 g/mol. The van der Waals surface area contributed by atoms with Gasteiger partial charge in [-0.15, -0.1) is 11.3 Å². The molecule has 0 radical (unpaired) electrons. The molecule has 0 amide bonds. The molecule has 0 aliphatic carbocycles. The van der Waals surface area contributed by atoms with Crippen LogP contribution in [-0.4, -0.2) is 43.9 Å². The molecule has 1 aromatic heterocycles. The molecule has 19 heavy (non-hydrogen) atoms. The molecule has 1 atom stereocenters. The molecule has 0 spiro atoms. The first kappa shape index (κ1) is 13.8. The largest absolute Gasteiger partial charge is 0.469 e. The lowest BCUT2D eigenvalue weighted by Gasteiger charge is -2.29. The van der Waals surface area contributed by atoms with E-state index in [1.807, 2.05) is 10.3 Å². The SMILES string of the molecule is COC(=O)CCc1csc(N2CCOC(C#N)C2)n1. The van der Waals surface area contributed by atoms with Gasteiger partial charge in [0.1, 0.15) is 0 Å². The Kier molecular flexibility index (Phi) is 4.71. The third kappa shape index (κ3) is 3.66. The van der Waals surface area contributed by atoms with E-state index in [0.717, 1.165) is 17.4 Å². The summed E-state index contributed by atoms with van der Waals surface area (Å²) in [7, 11) is 1.38. The molecular formula is C12H15N3O3S. The van der Waals surface area contributed by atoms with Crippen molar-refractivity contribution in [3.05, 3.63) is 11.1 Å². The number of methoxy groups -OCH3 is 1. The predicted molar refractivity (Wildman–Crippen MR) is 70.0 cm³/mol. The van der Waals surface area contributed by atoms with Gasteiger partial charge in [-0.25, -0.2) is 4.98 Å². The summed E-state index contributed by atoms with van der Waals surface area (Å²) in [5, 5.41) is 11.7. The van der Waals surface area contributed by atoms with Gasteiger partial charge in [-0.2, -0.15) is 5.26 Å². The van der Waals surface area contributed by atoms with Crippen molar-refractivity contribution in [1.82, 2.24) is 4.98 Å². The molecule has 2 heterocycles. The first-order valence-electron chi connectivity index (χ1n) is 6.00. The van der Waals surface area contributed by atoms with E-state index >= 15 is 0 Å². The highest BCUT2D eigenvalue weighted by molar-refractivity contribution is 7.13. The van der Waals surface area contributed by atoms with Crippen molar-refractivity contribution in [2.75, 3.05) is 31.7 Å². The monoisotopic (exact) mass is 281 g/mol. The van der Waals surface area contributed by atoms with Crippen LogP contribution in [0.5, 0.6) is 0 Å². The highest BCUT2D eigenvalue weighted by Crippen LogP contribution is 2.23. The van der Waals surface area contributed by atoms with Crippen molar-refractivity contribution in [2.45, 2.75) is 18.9 Å². The molecule has 7 heteroatoms. The number of hydrogen-bond acceptors (Lipinski definition) is 7. The molecule has 1 aromatic rings. The molecule has 0 N–H and O–H groups in total. The van der Waals surface area contributed by atoms with Gasteiger partial charge in [0, 0.05) is 18.3 Å². The van der Waals surface area contributed by atoms with Gasteiger partial charge in [0.05, 0.1) is 38.4 Å². The van der Waals surface area contributed by atoms with Crippen LogP contribution < -0.4 is 4.90 Å². The summed E-state index contributed by atoms with van der Waals surface area (Å²) in [4.78, 5) is 17.6. The van der Waals surface area contributed by atoms with Gasteiger partial charge >= 0.3 is 5.97 Å². The second-order valence-electron chi connectivity index (χ2n) is 4.13. The van der Waals surface area contributed by atoms with Gasteiger partial charge in [-0.1, -0.05) is 0 Å². The molecule has 0 saturated carbocycles. The lowest BCUT2D eigenvalue weighted by Crippen LogP contribution is -2.41. The predicted octanol–water partition coefficient (Wildman–Crippen LogP) is 0.977. The number of carbonyl (C=O) groups is 1. The zero-order chi connectivity index (χ0) is 13.7. The number of nitrogens with zero attached hydrogens (tertiary/aromatic N) is 3.